The lowest BCUT2D eigenvalue weighted by Gasteiger charge is -2.29. The van der Waals surface area contributed by atoms with Crippen LogP contribution in [0.2, 0.25) is 0 Å². The molecule has 482 valence electrons. The van der Waals surface area contributed by atoms with E-state index >= 15 is 0 Å². The van der Waals surface area contributed by atoms with Gasteiger partial charge in [0.05, 0.1) is 18.2 Å². The minimum absolute atomic E-state index is 0.630. The van der Waals surface area contributed by atoms with E-state index in [-0.39, 0.29) is 0 Å². The van der Waals surface area contributed by atoms with Gasteiger partial charge in [0.1, 0.15) is 0 Å². The van der Waals surface area contributed by atoms with Crippen molar-refractivity contribution in [3.05, 3.63) is 379 Å². The normalized spacial score (nSPS) is 11.3. The molecule has 0 atom stereocenters. The summed E-state index contributed by atoms with van der Waals surface area (Å²) in [6.07, 6.45) is 0. The Labute approximate surface area is 594 Å². The molecule has 0 unspecified atom stereocenters. The Morgan fingerprint density at radius 3 is 0.892 bits per heavy atom. The van der Waals surface area contributed by atoms with E-state index in [1.54, 1.807) is 0 Å². The molecule has 0 amide bonds. The highest BCUT2D eigenvalue weighted by atomic mass is 15.2. The molecule has 0 heterocycles. The summed E-state index contributed by atoms with van der Waals surface area (Å²) in [6.45, 7) is 16.3. The fourth-order valence-corrected chi connectivity index (χ4v) is 14.8. The van der Waals surface area contributed by atoms with Crippen LogP contribution in [0.5, 0.6) is 0 Å². The standard InChI is InChI=1S/C96H68N6/c1-63-16-34-81(35-17-63)99(82-36-18-64(2)19-37-82)85-42-27-68(28-43-85)95-92-51-49-90(102(80-14-10-7-11-15-80)88-47-32-73-54-75-57-78(98-5)33-26-71(75)56-77(73)59-88)61-94(92)96(69-29-44-86(45-30-69)100(83-38-20-65(3)21-39-83)84-40-22-66(4)23-41-84)91-50-48-89(60-93(91)95)101(79-12-8-6-9-13-79)87-46-31-72-53-74-52-67(62-97)24-25-70(74)55-76(72)58-87/h6-61H,1-4H3. The van der Waals surface area contributed by atoms with Crippen LogP contribution >= 0.6 is 0 Å². The van der Waals surface area contributed by atoms with Gasteiger partial charge in [-0.2, -0.15) is 5.26 Å². The second kappa shape index (κ2) is 26.0. The van der Waals surface area contributed by atoms with Crippen molar-refractivity contribution in [2.45, 2.75) is 27.7 Å². The Morgan fingerprint density at radius 1 is 0.245 bits per heavy atom. The highest BCUT2D eigenvalue weighted by molar-refractivity contribution is 6.23. The number of benzene rings is 17. The molecule has 0 aliphatic rings. The van der Waals surface area contributed by atoms with Gasteiger partial charge in [0.2, 0.25) is 0 Å². The Bertz CT molecular complexity index is 5680. The lowest BCUT2D eigenvalue weighted by Crippen LogP contribution is -2.11. The molecule has 6 heteroatoms. The zero-order chi connectivity index (χ0) is 69.0. The van der Waals surface area contributed by atoms with Crippen molar-refractivity contribution in [1.82, 2.24) is 0 Å². The fourth-order valence-electron chi connectivity index (χ4n) is 14.8. The van der Waals surface area contributed by atoms with Crippen LogP contribution in [0.3, 0.4) is 0 Å². The van der Waals surface area contributed by atoms with Crippen LogP contribution in [0, 0.1) is 45.6 Å². The van der Waals surface area contributed by atoms with E-state index in [1.165, 1.54) is 22.3 Å². The molecule has 102 heavy (non-hydrogen) atoms. The summed E-state index contributed by atoms with van der Waals surface area (Å²) in [5.74, 6) is 0. The molecule has 0 N–H and O–H groups in total. The van der Waals surface area contributed by atoms with Gasteiger partial charge in [0.15, 0.2) is 5.69 Å². The molecule has 17 aromatic carbocycles. The van der Waals surface area contributed by atoms with Gasteiger partial charge in [0.25, 0.3) is 0 Å². The first-order valence-corrected chi connectivity index (χ1v) is 34.6. The van der Waals surface area contributed by atoms with E-state index < -0.39 is 0 Å². The Balaban J connectivity index is 0.926. The molecule has 0 aliphatic carbocycles. The zero-order valence-electron chi connectivity index (χ0n) is 57.0. The molecule has 0 saturated carbocycles. The topological polar surface area (TPSA) is 41.1 Å². The predicted molar refractivity (Wildman–Crippen MR) is 431 cm³/mol. The number of hydrogen-bond acceptors (Lipinski definition) is 5. The number of rotatable bonds is 14. The molecule has 17 rings (SSSR count). The summed E-state index contributed by atoms with van der Waals surface area (Å²) in [4.78, 5) is 13.2. The third kappa shape index (κ3) is 11.7. The van der Waals surface area contributed by atoms with Crippen molar-refractivity contribution in [2.75, 3.05) is 19.6 Å². The summed E-state index contributed by atoms with van der Waals surface area (Å²) >= 11 is 0. The maximum atomic E-state index is 9.84. The minimum atomic E-state index is 0.630. The molecule has 0 saturated heterocycles. The maximum Gasteiger partial charge on any atom is 0.187 e. The lowest BCUT2D eigenvalue weighted by atomic mass is 9.85. The smallest absolute Gasteiger partial charge is 0.187 e. The first-order chi connectivity index (χ1) is 50.0. The van der Waals surface area contributed by atoms with Gasteiger partial charge in [-0.15, -0.1) is 0 Å². The van der Waals surface area contributed by atoms with Gasteiger partial charge < -0.3 is 19.6 Å². The van der Waals surface area contributed by atoms with Crippen LogP contribution in [0.4, 0.5) is 73.9 Å². The van der Waals surface area contributed by atoms with Gasteiger partial charge in [-0.3, -0.25) is 0 Å². The molecular weight excluding hydrogens is 1240 g/mol. The van der Waals surface area contributed by atoms with Crippen molar-refractivity contribution >= 4 is 139 Å². The van der Waals surface area contributed by atoms with Crippen LogP contribution in [0.25, 0.3) is 91.7 Å². The monoisotopic (exact) mass is 1300 g/mol. The number of para-hydroxylation sites is 2. The Hall–Kier alpha value is -13.5. The summed E-state index contributed by atoms with van der Waals surface area (Å²) in [7, 11) is 0. The summed E-state index contributed by atoms with van der Waals surface area (Å²) in [5, 5.41) is 22.9. The molecule has 0 radical (unpaired) electrons. The average Bonchev–Trinajstić information content (AvgIpc) is 0.721. The minimum Gasteiger partial charge on any atom is -0.311 e. The average molecular weight is 1310 g/mol. The Morgan fingerprint density at radius 2 is 0.529 bits per heavy atom. The first-order valence-electron chi connectivity index (χ1n) is 34.6. The lowest BCUT2D eigenvalue weighted by molar-refractivity contribution is 1.27. The number of nitriles is 1. The highest BCUT2D eigenvalue weighted by Gasteiger charge is 2.25. The van der Waals surface area contributed by atoms with Crippen LogP contribution in [-0.4, -0.2) is 0 Å². The summed E-state index contributed by atoms with van der Waals surface area (Å²) < 4.78 is 0. The number of hydrogen-bond donors (Lipinski definition) is 0. The van der Waals surface area contributed by atoms with E-state index in [9.17, 15) is 5.26 Å². The van der Waals surface area contributed by atoms with Crippen LogP contribution < -0.4 is 19.6 Å². The summed E-state index contributed by atoms with van der Waals surface area (Å²) in [5.41, 5.74) is 23.0. The van der Waals surface area contributed by atoms with E-state index in [0.29, 0.717) is 11.3 Å². The molecule has 6 nitrogen and oxygen atoms in total. The van der Waals surface area contributed by atoms with Crippen LogP contribution in [-0.2, 0) is 0 Å². The fraction of sp³-hybridized carbons (Fsp3) is 0.0417. The molecular formula is C96H68N6. The number of nitrogens with zero attached hydrogens (tertiary/aromatic N) is 6. The van der Waals surface area contributed by atoms with E-state index in [4.69, 9.17) is 6.57 Å². The third-order valence-corrected chi connectivity index (χ3v) is 19.9. The van der Waals surface area contributed by atoms with E-state index in [2.05, 4.69) is 374 Å². The number of fused-ring (bicyclic) bond motifs is 6. The highest BCUT2D eigenvalue weighted by Crippen LogP contribution is 2.51. The number of aryl methyl sites for hydroxylation is 4. The van der Waals surface area contributed by atoms with Gasteiger partial charge in [-0.05, 0) is 303 Å². The van der Waals surface area contributed by atoms with Crippen molar-refractivity contribution in [2.24, 2.45) is 0 Å². The second-order valence-electron chi connectivity index (χ2n) is 26.7. The van der Waals surface area contributed by atoms with Gasteiger partial charge >= 0.3 is 0 Å². The summed E-state index contributed by atoms with van der Waals surface area (Å²) in [6, 6.07) is 126. The van der Waals surface area contributed by atoms with E-state index in [0.717, 1.165) is 155 Å². The molecule has 0 bridgehead atoms. The van der Waals surface area contributed by atoms with Gasteiger partial charge in [0, 0.05) is 68.2 Å². The molecule has 0 spiro atoms. The maximum absolute atomic E-state index is 9.84. The van der Waals surface area contributed by atoms with Gasteiger partial charge in [-0.1, -0.05) is 174 Å². The van der Waals surface area contributed by atoms with Crippen molar-refractivity contribution in [1.29, 1.82) is 5.26 Å². The quantitative estimate of drug-likeness (QED) is 0.0802. The Kier molecular flexibility index (Phi) is 15.8. The first kappa shape index (κ1) is 62.0. The SMILES string of the molecule is [C-]#[N+]c1ccc2cc3cc(N(c4ccccc4)c4ccc5c(-c6ccc(N(c7ccc(C)cc7)c7ccc(C)cc7)cc6)c6cc(N(c7ccccc7)c7ccc8cc9cc(C#N)ccc9cc8c7)ccc6c(-c6ccc(N(c7ccc(C)cc7)c7ccc(C)cc7)cc6)c5c4)ccc3cc2c1. The third-order valence-electron chi connectivity index (χ3n) is 19.9. The number of anilines is 12. The molecule has 0 aliphatic heterocycles. The largest absolute Gasteiger partial charge is 0.311 e. The zero-order valence-corrected chi connectivity index (χ0v) is 57.0. The predicted octanol–water partition coefficient (Wildman–Crippen LogP) is 27.5. The van der Waals surface area contributed by atoms with Gasteiger partial charge in [-0.25, -0.2) is 4.85 Å². The molecule has 0 fully saturated rings. The van der Waals surface area contributed by atoms with Crippen molar-refractivity contribution in [3.63, 3.8) is 0 Å². The van der Waals surface area contributed by atoms with E-state index in [1.807, 2.05) is 24.3 Å². The molecule has 17 aromatic rings. The van der Waals surface area contributed by atoms with Crippen LogP contribution in [0.15, 0.2) is 340 Å². The second-order valence-corrected chi connectivity index (χ2v) is 26.7. The molecule has 0 aromatic heterocycles. The van der Waals surface area contributed by atoms with Crippen LogP contribution in [0.1, 0.15) is 27.8 Å². The van der Waals surface area contributed by atoms with Crippen molar-refractivity contribution in [3.8, 4) is 28.3 Å². The van der Waals surface area contributed by atoms with Crippen molar-refractivity contribution < 1.29 is 0 Å².